The maximum atomic E-state index is 12.8. The van der Waals surface area contributed by atoms with E-state index in [-0.39, 0.29) is 23.8 Å². The van der Waals surface area contributed by atoms with Gasteiger partial charge in [-0.15, -0.1) is 0 Å². The van der Waals surface area contributed by atoms with Crippen LogP contribution in [0.1, 0.15) is 153 Å². The Morgan fingerprint density at radius 3 is 1.31 bits per heavy atom. The Morgan fingerprint density at radius 1 is 0.513 bits per heavy atom. The van der Waals surface area contributed by atoms with Crippen LogP contribution in [0, 0.1) is 0 Å². The Balaban J connectivity index is 0.00000760. The van der Waals surface area contributed by atoms with Crippen molar-refractivity contribution >= 4 is 20.9 Å². The Morgan fingerprint density at radius 2 is 0.872 bits per heavy atom. The summed E-state index contributed by atoms with van der Waals surface area (Å²) in [6.45, 7) is 6.71. The Hall–Kier alpha value is -0.793. The molecule has 0 fully saturated rings. The van der Waals surface area contributed by atoms with E-state index >= 15 is 0 Å². The van der Waals surface area contributed by atoms with E-state index in [2.05, 4.69) is 26.8 Å². The van der Waals surface area contributed by atoms with Gasteiger partial charge in [0.05, 0.1) is 4.90 Å². The summed E-state index contributed by atoms with van der Waals surface area (Å²) in [7, 11) is -4.58. The summed E-state index contributed by atoms with van der Waals surface area (Å²) >= 11 is 0. The van der Waals surface area contributed by atoms with Crippen molar-refractivity contribution in [3.63, 3.8) is 0 Å². The first kappa shape index (κ1) is 36.2. The first-order valence-corrected chi connectivity index (χ1v) is 17.4. The quantitative estimate of drug-likeness (QED) is 0.0869. The van der Waals surface area contributed by atoms with Gasteiger partial charge in [-0.25, -0.2) is 8.42 Å². The Labute approximate surface area is 253 Å². The van der Waals surface area contributed by atoms with Crippen molar-refractivity contribution in [1.29, 1.82) is 0 Å². The van der Waals surface area contributed by atoms with E-state index in [4.69, 9.17) is 0 Å². The van der Waals surface area contributed by atoms with Gasteiger partial charge in [0.2, 0.25) is 0 Å². The molecule has 0 amide bonds. The standard InChI is InChI=1S/C34H56O3S.Li/c1-4-7-10-13-16-19-24-29-30(25-20-17-14-11-8-5-2)32(27-21-18-15-12-9-6-3)34(38(35,36)37)33-28-23-22-26-31(29)33;/h22-23,26,28H,4-21,24-25,27H2,1-3H3,(H,35,36,37);/q;+1/p-1. The number of rotatable bonds is 22. The Bertz CT molecular complexity index is 1030. The van der Waals surface area contributed by atoms with Gasteiger partial charge < -0.3 is 4.55 Å². The normalized spacial score (nSPS) is 11.7. The molecule has 216 valence electrons. The van der Waals surface area contributed by atoms with E-state index in [0.717, 1.165) is 49.5 Å². The maximum Gasteiger partial charge on any atom is 1.00 e. The third kappa shape index (κ3) is 12.7. The van der Waals surface area contributed by atoms with Gasteiger partial charge >= 0.3 is 18.9 Å². The van der Waals surface area contributed by atoms with Crippen molar-refractivity contribution in [3.8, 4) is 0 Å². The van der Waals surface area contributed by atoms with E-state index in [1.165, 1.54) is 101 Å². The molecule has 39 heavy (non-hydrogen) atoms. The largest absolute Gasteiger partial charge is 1.00 e. The van der Waals surface area contributed by atoms with Crippen LogP contribution in [0.4, 0.5) is 0 Å². The van der Waals surface area contributed by atoms with Gasteiger partial charge in [0, 0.05) is 0 Å². The number of aryl methyl sites for hydroxylation is 1. The molecular formula is C34H55LiO3S. The molecule has 0 spiro atoms. The van der Waals surface area contributed by atoms with Gasteiger partial charge in [-0.2, -0.15) is 0 Å². The second-order valence-electron chi connectivity index (χ2n) is 11.3. The van der Waals surface area contributed by atoms with E-state index < -0.39 is 10.1 Å². The molecule has 0 unspecified atom stereocenters. The molecule has 5 heteroatoms. The van der Waals surface area contributed by atoms with Gasteiger partial charge in [0.15, 0.2) is 0 Å². The van der Waals surface area contributed by atoms with Crippen LogP contribution in [0.25, 0.3) is 10.8 Å². The number of hydrogen-bond acceptors (Lipinski definition) is 3. The molecule has 0 aliphatic rings. The molecule has 0 atom stereocenters. The molecule has 0 aliphatic heterocycles. The average Bonchev–Trinajstić information content (AvgIpc) is 2.89. The molecule has 0 saturated carbocycles. The summed E-state index contributed by atoms with van der Waals surface area (Å²) < 4.78 is 38.3. The molecule has 0 N–H and O–H groups in total. The molecule has 0 bridgehead atoms. The molecule has 0 aromatic heterocycles. The summed E-state index contributed by atoms with van der Waals surface area (Å²) in [5.41, 5.74) is 3.36. The number of unbranched alkanes of at least 4 members (excludes halogenated alkanes) is 15. The van der Waals surface area contributed by atoms with Crippen molar-refractivity contribution < 1.29 is 31.8 Å². The molecule has 0 radical (unpaired) electrons. The van der Waals surface area contributed by atoms with E-state index in [1.54, 1.807) is 0 Å². The van der Waals surface area contributed by atoms with Gasteiger partial charge in [-0.05, 0) is 66.0 Å². The van der Waals surface area contributed by atoms with Crippen molar-refractivity contribution in [3.05, 3.63) is 41.0 Å². The number of hydrogen-bond donors (Lipinski definition) is 0. The summed E-state index contributed by atoms with van der Waals surface area (Å²) in [6, 6.07) is 7.80. The molecule has 2 aromatic rings. The number of fused-ring (bicyclic) bond motifs is 1. The number of benzene rings is 2. The van der Waals surface area contributed by atoms with Crippen LogP contribution in [-0.4, -0.2) is 13.0 Å². The summed E-state index contributed by atoms with van der Waals surface area (Å²) in [5, 5.41) is 1.64. The summed E-state index contributed by atoms with van der Waals surface area (Å²) in [5.74, 6) is 0. The van der Waals surface area contributed by atoms with Crippen LogP contribution in [0.3, 0.4) is 0 Å². The predicted octanol–water partition coefficient (Wildman–Crippen LogP) is 7.46. The topological polar surface area (TPSA) is 57.2 Å². The van der Waals surface area contributed by atoms with Gasteiger partial charge in [-0.1, -0.05) is 141 Å². The summed E-state index contributed by atoms with van der Waals surface area (Å²) in [6.07, 6.45) is 24.1. The molecule has 0 saturated heterocycles. The molecule has 3 nitrogen and oxygen atoms in total. The zero-order chi connectivity index (χ0) is 27.6. The minimum absolute atomic E-state index is 0. The minimum atomic E-state index is -4.58. The fraction of sp³-hybridized carbons (Fsp3) is 0.706. The van der Waals surface area contributed by atoms with E-state index in [0.29, 0.717) is 11.8 Å². The van der Waals surface area contributed by atoms with Crippen molar-refractivity contribution in [2.24, 2.45) is 0 Å². The zero-order valence-electron chi connectivity index (χ0n) is 25.8. The van der Waals surface area contributed by atoms with Crippen LogP contribution in [0.2, 0.25) is 0 Å². The van der Waals surface area contributed by atoms with Crippen LogP contribution >= 0.6 is 0 Å². The van der Waals surface area contributed by atoms with Gasteiger partial charge in [0.1, 0.15) is 10.1 Å². The second-order valence-corrected chi connectivity index (χ2v) is 12.6. The fourth-order valence-corrected chi connectivity index (χ4v) is 6.95. The third-order valence-corrected chi connectivity index (χ3v) is 9.06. The van der Waals surface area contributed by atoms with Crippen molar-refractivity contribution in [2.45, 2.75) is 161 Å². The van der Waals surface area contributed by atoms with Gasteiger partial charge in [0.25, 0.3) is 0 Å². The first-order chi connectivity index (χ1) is 18.5. The summed E-state index contributed by atoms with van der Waals surface area (Å²) in [4.78, 5) is 0.0781. The van der Waals surface area contributed by atoms with Crippen LogP contribution in [-0.2, 0) is 29.4 Å². The van der Waals surface area contributed by atoms with E-state index in [9.17, 15) is 13.0 Å². The Kier molecular flexibility index (Phi) is 19.5. The molecule has 2 aromatic carbocycles. The zero-order valence-corrected chi connectivity index (χ0v) is 26.6. The van der Waals surface area contributed by atoms with Crippen LogP contribution in [0.15, 0.2) is 29.2 Å². The van der Waals surface area contributed by atoms with Crippen LogP contribution in [0.5, 0.6) is 0 Å². The molecule has 0 heterocycles. The monoisotopic (exact) mass is 550 g/mol. The fourth-order valence-electron chi connectivity index (χ4n) is 5.97. The first-order valence-electron chi connectivity index (χ1n) is 16.0. The van der Waals surface area contributed by atoms with Gasteiger partial charge in [-0.3, -0.25) is 0 Å². The molecule has 2 rings (SSSR count). The van der Waals surface area contributed by atoms with Crippen molar-refractivity contribution in [2.75, 3.05) is 0 Å². The second kappa shape index (κ2) is 21.0. The minimum Gasteiger partial charge on any atom is -0.744 e. The average molecular weight is 551 g/mol. The van der Waals surface area contributed by atoms with Crippen LogP contribution < -0.4 is 18.9 Å². The molecular weight excluding hydrogens is 495 g/mol. The predicted molar refractivity (Wildman–Crippen MR) is 163 cm³/mol. The molecule has 0 aliphatic carbocycles. The maximum absolute atomic E-state index is 12.8. The SMILES string of the molecule is CCCCCCCCc1c(CCCCCCCC)c(S(=O)(=O)[O-])c2ccccc2c1CCCCCCCC.[Li+]. The third-order valence-electron chi connectivity index (χ3n) is 8.09. The van der Waals surface area contributed by atoms with E-state index in [1.807, 2.05) is 18.2 Å². The smallest absolute Gasteiger partial charge is 0.744 e. The van der Waals surface area contributed by atoms with Crippen molar-refractivity contribution in [1.82, 2.24) is 0 Å².